The minimum absolute atomic E-state index is 0.530. The fourth-order valence-electron chi connectivity index (χ4n) is 2.09. The van der Waals surface area contributed by atoms with Gasteiger partial charge in [0.2, 0.25) is 0 Å². The molecule has 0 fully saturated rings. The van der Waals surface area contributed by atoms with Gasteiger partial charge in [-0.2, -0.15) is 0 Å². The molecule has 0 unspecified atom stereocenters. The number of nitrogens with one attached hydrogen (secondary N) is 1. The predicted molar refractivity (Wildman–Crippen MR) is 84.1 cm³/mol. The molecule has 3 heteroatoms. The van der Waals surface area contributed by atoms with Gasteiger partial charge in [0.05, 0.1) is 12.1 Å². The highest BCUT2D eigenvalue weighted by molar-refractivity contribution is 7.09. The second-order valence-corrected chi connectivity index (χ2v) is 6.45. The Morgan fingerprint density at radius 3 is 2.53 bits per heavy atom. The van der Waals surface area contributed by atoms with Gasteiger partial charge >= 0.3 is 0 Å². The Morgan fingerprint density at radius 2 is 1.95 bits per heavy atom. The Bertz CT molecular complexity index is 516. The van der Waals surface area contributed by atoms with Gasteiger partial charge in [0, 0.05) is 16.8 Å². The van der Waals surface area contributed by atoms with Crippen molar-refractivity contribution >= 4 is 17.0 Å². The number of rotatable bonds is 5. The Labute approximate surface area is 119 Å². The third-order valence-electron chi connectivity index (χ3n) is 3.30. The average Bonchev–Trinajstić information content (AvgIpc) is 2.89. The number of benzene rings is 1. The van der Waals surface area contributed by atoms with Crippen LogP contribution in [0, 0.1) is 0 Å². The van der Waals surface area contributed by atoms with Crippen molar-refractivity contribution in [3.8, 4) is 0 Å². The van der Waals surface area contributed by atoms with Crippen LogP contribution in [0.25, 0.3) is 0 Å². The summed E-state index contributed by atoms with van der Waals surface area (Å²) in [6.45, 7) is 9.83. The molecule has 2 aromatic rings. The molecule has 0 saturated carbocycles. The quantitative estimate of drug-likeness (QED) is 0.829. The van der Waals surface area contributed by atoms with E-state index in [2.05, 4.69) is 56.2 Å². The van der Waals surface area contributed by atoms with E-state index in [4.69, 9.17) is 0 Å². The highest BCUT2D eigenvalue weighted by Gasteiger charge is 2.09. The van der Waals surface area contributed by atoms with E-state index >= 15 is 0 Å². The molecule has 2 nitrogen and oxygen atoms in total. The largest absolute Gasteiger partial charge is 0.380 e. The molecule has 0 radical (unpaired) electrons. The Balaban J connectivity index is 2.19. The van der Waals surface area contributed by atoms with Crippen LogP contribution in [-0.4, -0.2) is 4.98 Å². The summed E-state index contributed by atoms with van der Waals surface area (Å²) in [4.78, 5) is 5.37. The first-order valence-electron chi connectivity index (χ1n) is 6.83. The molecule has 0 aliphatic rings. The van der Waals surface area contributed by atoms with Gasteiger partial charge in [0.25, 0.3) is 0 Å². The first kappa shape index (κ1) is 14.1. The van der Waals surface area contributed by atoms with Crippen molar-refractivity contribution in [2.45, 2.75) is 46.1 Å². The topological polar surface area (TPSA) is 24.9 Å². The summed E-state index contributed by atoms with van der Waals surface area (Å²) in [7, 11) is 0. The van der Waals surface area contributed by atoms with Gasteiger partial charge in [0.15, 0.2) is 0 Å². The molecular weight excluding hydrogens is 252 g/mol. The molecule has 19 heavy (non-hydrogen) atoms. The van der Waals surface area contributed by atoms with Gasteiger partial charge in [-0.1, -0.05) is 39.8 Å². The van der Waals surface area contributed by atoms with E-state index in [0.29, 0.717) is 11.8 Å². The number of anilines is 1. The lowest BCUT2D eigenvalue weighted by Crippen LogP contribution is -2.03. The normalized spacial score (nSPS) is 11.3. The van der Waals surface area contributed by atoms with E-state index in [1.807, 2.05) is 11.7 Å². The zero-order valence-electron chi connectivity index (χ0n) is 12.1. The van der Waals surface area contributed by atoms with Crippen LogP contribution in [0.4, 0.5) is 5.69 Å². The average molecular weight is 274 g/mol. The number of aromatic nitrogens is 1. The predicted octanol–water partition coefficient (Wildman–Crippen LogP) is 5.00. The molecule has 2 rings (SSSR count). The summed E-state index contributed by atoms with van der Waals surface area (Å²) in [6.07, 6.45) is 1.93. The highest BCUT2D eigenvalue weighted by Crippen LogP contribution is 2.28. The fraction of sp³-hybridized carbons (Fsp3) is 0.438. The molecule has 0 atom stereocenters. The second kappa shape index (κ2) is 6.20. The van der Waals surface area contributed by atoms with Crippen LogP contribution < -0.4 is 5.32 Å². The van der Waals surface area contributed by atoms with Gasteiger partial charge in [0.1, 0.15) is 0 Å². The Hall–Kier alpha value is -1.35. The van der Waals surface area contributed by atoms with Crippen molar-refractivity contribution in [1.29, 1.82) is 0 Å². The summed E-state index contributed by atoms with van der Waals surface area (Å²) >= 11 is 1.69. The number of nitrogens with zero attached hydrogens (tertiary/aromatic N) is 1. The number of hydrogen-bond donors (Lipinski definition) is 1. The third kappa shape index (κ3) is 3.57. The lowest BCUT2D eigenvalue weighted by molar-refractivity contribution is 0.833. The van der Waals surface area contributed by atoms with Gasteiger partial charge in [-0.05, 0) is 29.0 Å². The van der Waals surface area contributed by atoms with E-state index in [0.717, 1.165) is 6.54 Å². The second-order valence-electron chi connectivity index (χ2n) is 5.48. The molecule has 1 aromatic carbocycles. The zero-order valence-corrected chi connectivity index (χ0v) is 12.9. The van der Waals surface area contributed by atoms with Crippen LogP contribution in [0.3, 0.4) is 0 Å². The SMILES string of the molecule is CC(C)c1ccc(NCc2cncs2)c(C(C)C)c1. The van der Waals surface area contributed by atoms with E-state index in [9.17, 15) is 0 Å². The standard InChI is InChI=1S/C16H22N2S/c1-11(2)13-5-6-16(15(7-13)12(3)4)18-9-14-8-17-10-19-14/h5-8,10-12,18H,9H2,1-4H3. The van der Waals surface area contributed by atoms with Crippen molar-refractivity contribution < 1.29 is 0 Å². The van der Waals surface area contributed by atoms with Gasteiger partial charge in [-0.15, -0.1) is 11.3 Å². The molecule has 0 aliphatic heterocycles. The van der Waals surface area contributed by atoms with Crippen molar-refractivity contribution in [2.24, 2.45) is 0 Å². The maximum absolute atomic E-state index is 4.11. The third-order valence-corrected chi connectivity index (χ3v) is 4.08. The van der Waals surface area contributed by atoms with E-state index in [-0.39, 0.29) is 0 Å². The molecule has 0 aliphatic carbocycles. The van der Waals surface area contributed by atoms with Crippen molar-refractivity contribution in [2.75, 3.05) is 5.32 Å². The van der Waals surface area contributed by atoms with Crippen molar-refractivity contribution in [1.82, 2.24) is 4.98 Å². The fourth-order valence-corrected chi connectivity index (χ4v) is 2.63. The van der Waals surface area contributed by atoms with E-state index in [1.165, 1.54) is 21.7 Å². The van der Waals surface area contributed by atoms with Crippen molar-refractivity contribution in [3.05, 3.63) is 45.9 Å². The molecule has 1 N–H and O–H groups in total. The van der Waals surface area contributed by atoms with Gasteiger partial charge in [-0.3, -0.25) is 4.98 Å². The summed E-state index contributed by atoms with van der Waals surface area (Å²) in [5, 5.41) is 3.53. The molecule has 102 valence electrons. The number of thiazole rings is 1. The Morgan fingerprint density at radius 1 is 1.16 bits per heavy atom. The van der Waals surface area contributed by atoms with Crippen LogP contribution >= 0.6 is 11.3 Å². The summed E-state index contributed by atoms with van der Waals surface area (Å²) < 4.78 is 0. The van der Waals surface area contributed by atoms with Crippen LogP contribution in [0.5, 0.6) is 0 Å². The van der Waals surface area contributed by atoms with Gasteiger partial charge < -0.3 is 5.32 Å². The van der Waals surface area contributed by atoms with E-state index < -0.39 is 0 Å². The molecule has 0 amide bonds. The first-order chi connectivity index (χ1) is 9.08. The lowest BCUT2D eigenvalue weighted by Gasteiger charge is -2.17. The highest BCUT2D eigenvalue weighted by atomic mass is 32.1. The monoisotopic (exact) mass is 274 g/mol. The molecule has 0 saturated heterocycles. The van der Waals surface area contributed by atoms with Crippen LogP contribution in [0.2, 0.25) is 0 Å². The van der Waals surface area contributed by atoms with Gasteiger partial charge in [-0.25, -0.2) is 0 Å². The van der Waals surface area contributed by atoms with Crippen molar-refractivity contribution in [3.63, 3.8) is 0 Å². The zero-order chi connectivity index (χ0) is 13.8. The maximum atomic E-state index is 4.11. The van der Waals surface area contributed by atoms with Crippen LogP contribution in [0.15, 0.2) is 29.9 Å². The molecule has 1 heterocycles. The first-order valence-corrected chi connectivity index (χ1v) is 7.71. The molecular formula is C16H22N2S. The van der Waals surface area contributed by atoms with Crippen LogP contribution in [-0.2, 0) is 6.54 Å². The Kier molecular flexibility index (Phi) is 4.59. The molecule has 0 spiro atoms. The summed E-state index contributed by atoms with van der Waals surface area (Å²) in [6, 6.07) is 6.78. The molecule has 1 aromatic heterocycles. The number of hydrogen-bond acceptors (Lipinski definition) is 3. The maximum Gasteiger partial charge on any atom is 0.0794 e. The minimum atomic E-state index is 0.530. The molecule has 0 bridgehead atoms. The minimum Gasteiger partial charge on any atom is -0.380 e. The van der Waals surface area contributed by atoms with Crippen LogP contribution in [0.1, 0.15) is 55.5 Å². The summed E-state index contributed by atoms with van der Waals surface area (Å²) in [5.41, 5.74) is 5.93. The lowest BCUT2D eigenvalue weighted by atomic mass is 9.94. The summed E-state index contributed by atoms with van der Waals surface area (Å²) in [5.74, 6) is 1.11. The van der Waals surface area contributed by atoms with E-state index in [1.54, 1.807) is 11.3 Å². The smallest absolute Gasteiger partial charge is 0.0794 e.